The second kappa shape index (κ2) is 9.28. The van der Waals surface area contributed by atoms with Gasteiger partial charge in [-0.3, -0.25) is 20.2 Å². The van der Waals surface area contributed by atoms with E-state index in [0.29, 0.717) is 28.5 Å². The molecule has 4 amide bonds. The van der Waals surface area contributed by atoms with Crippen LogP contribution < -0.4 is 20.1 Å². The van der Waals surface area contributed by atoms with Crippen LogP contribution in [0.3, 0.4) is 0 Å². The van der Waals surface area contributed by atoms with Crippen molar-refractivity contribution in [2.45, 2.75) is 13.0 Å². The van der Waals surface area contributed by atoms with Gasteiger partial charge in [0.2, 0.25) is 0 Å². The largest absolute Gasteiger partial charge is 0.493 e. The van der Waals surface area contributed by atoms with E-state index in [-0.39, 0.29) is 12.2 Å². The van der Waals surface area contributed by atoms with Gasteiger partial charge in [-0.05, 0) is 36.3 Å². The summed E-state index contributed by atoms with van der Waals surface area (Å²) in [5, 5.41) is 4.67. The van der Waals surface area contributed by atoms with Gasteiger partial charge in [0, 0.05) is 16.1 Å². The number of carbonyl (C=O) groups excluding carboxylic acids is 3. The molecule has 3 rings (SSSR count). The Kier molecular flexibility index (Phi) is 6.54. The Balaban J connectivity index is 1.97. The molecule has 1 fully saturated rings. The highest BCUT2D eigenvalue weighted by atomic mass is 35.5. The molecule has 154 valence electrons. The van der Waals surface area contributed by atoms with Gasteiger partial charge in [-0.1, -0.05) is 35.9 Å². The van der Waals surface area contributed by atoms with E-state index in [0.717, 1.165) is 11.1 Å². The number of amides is 4. The highest BCUT2D eigenvalue weighted by Gasteiger charge is 2.28. The molecule has 7 nitrogen and oxygen atoms in total. The van der Waals surface area contributed by atoms with E-state index in [1.54, 1.807) is 24.3 Å². The Morgan fingerprint density at radius 1 is 1.07 bits per heavy atom. The lowest BCUT2D eigenvalue weighted by atomic mass is 10.0. The Bertz CT molecular complexity index is 1040. The smallest absolute Gasteiger partial charge is 0.328 e. The first-order valence-electron chi connectivity index (χ1n) is 8.99. The van der Waals surface area contributed by atoms with Crippen LogP contribution in [0.4, 0.5) is 4.79 Å². The first-order valence-corrected chi connectivity index (χ1v) is 9.37. The van der Waals surface area contributed by atoms with Gasteiger partial charge in [0.15, 0.2) is 11.5 Å². The van der Waals surface area contributed by atoms with Gasteiger partial charge in [-0.2, -0.15) is 0 Å². The summed E-state index contributed by atoms with van der Waals surface area (Å²) in [5.41, 5.74) is 1.91. The van der Waals surface area contributed by atoms with Crippen LogP contribution in [0.5, 0.6) is 11.5 Å². The first kappa shape index (κ1) is 21.1. The quantitative estimate of drug-likeness (QED) is 0.402. The third kappa shape index (κ3) is 4.69. The summed E-state index contributed by atoms with van der Waals surface area (Å²) in [5.74, 6) is -0.618. The number of nitrogens with one attached hydrogen (secondary N) is 2. The molecule has 1 saturated heterocycles. The maximum Gasteiger partial charge on any atom is 0.328 e. The van der Waals surface area contributed by atoms with Crippen molar-refractivity contribution in [3.05, 3.63) is 76.3 Å². The molecule has 0 saturated carbocycles. The number of benzene rings is 2. The number of barbiturate groups is 1. The van der Waals surface area contributed by atoms with Gasteiger partial charge < -0.3 is 9.47 Å². The molecule has 0 radical (unpaired) electrons. The Morgan fingerprint density at radius 2 is 1.77 bits per heavy atom. The summed E-state index contributed by atoms with van der Waals surface area (Å²) in [6, 6.07) is 9.89. The van der Waals surface area contributed by atoms with Crippen LogP contribution in [0.2, 0.25) is 5.02 Å². The number of halogens is 1. The third-order valence-corrected chi connectivity index (χ3v) is 4.69. The fraction of sp³-hybridized carbons (Fsp3) is 0.136. The molecule has 1 heterocycles. The topological polar surface area (TPSA) is 93.7 Å². The lowest BCUT2D eigenvalue weighted by molar-refractivity contribution is -0.123. The van der Waals surface area contributed by atoms with E-state index in [1.807, 2.05) is 28.8 Å². The van der Waals surface area contributed by atoms with Gasteiger partial charge >= 0.3 is 6.03 Å². The highest BCUT2D eigenvalue weighted by Crippen LogP contribution is 2.35. The van der Waals surface area contributed by atoms with Gasteiger partial charge in [0.05, 0.1) is 7.11 Å². The third-order valence-electron chi connectivity index (χ3n) is 4.32. The summed E-state index contributed by atoms with van der Waals surface area (Å²) in [6.45, 7) is 3.99. The van der Waals surface area contributed by atoms with Crippen LogP contribution in [-0.2, 0) is 22.6 Å². The van der Waals surface area contributed by atoms with Crippen molar-refractivity contribution in [1.29, 1.82) is 0 Å². The molecule has 2 aromatic rings. The minimum Gasteiger partial charge on any atom is -0.493 e. The van der Waals surface area contributed by atoms with Gasteiger partial charge in [-0.15, -0.1) is 6.58 Å². The zero-order valence-corrected chi connectivity index (χ0v) is 16.9. The van der Waals surface area contributed by atoms with E-state index < -0.39 is 17.8 Å². The summed E-state index contributed by atoms with van der Waals surface area (Å²) < 4.78 is 11.5. The molecule has 2 N–H and O–H groups in total. The molecule has 0 aromatic heterocycles. The predicted octanol–water partition coefficient (Wildman–Crippen LogP) is 3.41. The molecule has 1 aliphatic heterocycles. The van der Waals surface area contributed by atoms with Crippen LogP contribution in [0.25, 0.3) is 6.08 Å². The number of imide groups is 2. The number of allylic oxidation sites excluding steroid dienone is 1. The fourth-order valence-corrected chi connectivity index (χ4v) is 3.12. The SMILES string of the molecule is C=CCc1cc(C=C2C(=O)NC(=O)NC2=O)cc(OC)c1OCc1ccccc1Cl. The molecule has 0 spiro atoms. The Morgan fingerprint density at radius 3 is 2.40 bits per heavy atom. The number of carbonyl (C=O) groups is 3. The minimum atomic E-state index is -0.851. The van der Waals surface area contributed by atoms with Crippen LogP contribution in [0, 0.1) is 0 Å². The zero-order chi connectivity index (χ0) is 21.7. The van der Waals surface area contributed by atoms with E-state index in [2.05, 4.69) is 6.58 Å². The number of hydrogen-bond donors (Lipinski definition) is 2. The van der Waals surface area contributed by atoms with Crippen molar-refractivity contribution in [3.8, 4) is 11.5 Å². The second-order valence-electron chi connectivity index (χ2n) is 6.38. The van der Waals surface area contributed by atoms with E-state index in [1.165, 1.54) is 13.2 Å². The molecular weight excluding hydrogens is 408 g/mol. The first-order chi connectivity index (χ1) is 14.4. The summed E-state index contributed by atoms with van der Waals surface area (Å²) in [7, 11) is 1.49. The second-order valence-corrected chi connectivity index (χ2v) is 6.79. The van der Waals surface area contributed by atoms with Gasteiger partial charge in [0.25, 0.3) is 11.8 Å². The van der Waals surface area contributed by atoms with Gasteiger partial charge in [-0.25, -0.2) is 4.79 Å². The van der Waals surface area contributed by atoms with Crippen molar-refractivity contribution >= 4 is 35.5 Å². The maximum atomic E-state index is 12.0. The highest BCUT2D eigenvalue weighted by molar-refractivity contribution is 6.31. The number of methoxy groups -OCH3 is 1. The van der Waals surface area contributed by atoms with Crippen molar-refractivity contribution in [2.75, 3.05) is 7.11 Å². The number of rotatable bonds is 7. The van der Waals surface area contributed by atoms with Crippen LogP contribution >= 0.6 is 11.6 Å². The summed E-state index contributed by atoms with van der Waals surface area (Å²) in [6.07, 6.45) is 3.54. The van der Waals surface area contributed by atoms with Crippen molar-refractivity contribution < 1.29 is 23.9 Å². The van der Waals surface area contributed by atoms with Crippen LogP contribution in [0.15, 0.2) is 54.6 Å². The zero-order valence-electron chi connectivity index (χ0n) is 16.2. The number of urea groups is 1. The number of hydrogen-bond acceptors (Lipinski definition) is 5. The average Bonchev–Trinajstić information content (AvgIpc) is 2.71. The molecular formula is C22H19ClN2O5. The lowest BCUT2D eigenvalue weighted by Crippen LogP contribution is -2.51. The van der Waals surface area contributed by atoms with Crippen molar-refractivity contribution in [1.82, 2.24) is 10.6 Å². The molecule has 30 heavy (non-hydrogen) atoms. The fourth-order valence-electron chi connectivity index (χ4n) is 2.93. The van der Waals surface area contributed by atoms with E-state index in [9.17, 15) is 14.4 Å². The average molecular weight is 427 g/mol. The normalized spacial score (nSPS) is 13.4. The monoisotopic (exact) mass is 426 g/mol. The molecule has 0 aliphatic carbocycles. The summed E-state index contributed by atoms with van der Waals surface area (Å²) >= 11 is 6.20. The Labute approximate surface area is 178 Å². The maximum absolute atomic E-state index is 12.0. The van der Waals surface area contributed by atoms with Crippen LogP contribution in [-0.4, -0.2) is 25.0 Å². The molecule has 0 unspecified atom stereocenters. The molecule has 1 aliphatic rings. The standard InChI is InChI=1S/C22H19ClN2O5/c1-3-6-14-9-13(10-16-20(26)24-22(28)25-21(16)27)11-18(29-2)19(14)30-12-15-7-4-5-8-17(15)23/h3-5,7-11H,1,6,12H2,2H3,(H2,24,25,26,27,28). The van der Waals surface area contributed by atoms with Crippen LogP contribution in [0.1, 0.15) is 16.7 Å². The van der Waals surface area contributed by atoms with Crippen molar-refractivity contribution in [2.24, 2.45) is 0 Å². The lowest BCUT2D eigenvalue weighted by Gasteiger charge is -2.17. The summed E-state index contributed by atoms with van der Waals surface area (Å²) in [4.78, 5) is 35.2. The van der Waals surface area contributed by atoms with E-state index in [4.69, 9.17) is 21.1 Å². The van der Waals surface area contributed by atoms with Gasteiger partial charge in [0.1, 0.15) is 12.2 Å². The minimum absolute atomic E-state index is 0.189. The molecule has 0 atom stereocenters. The van der Waals surface area contributed by atoms with E-state index >= 15 is 0 Å². The molecule has 2 aromatic carbocycles. The molecule has 8 heteroatoms. The van der Waals surface area contributed by atoms with Crippen molar-refractivity contribution in [3.63, 3.8) is 0 Å². The number of ether oxygens (including phenoxy) is 2. The Hall–Kier alpha value is -3.58. The molecule has 0 bridgehead atoms. The predicted molar refractivity (Wildman–Crippen MR) is 112 cm³/mol.